The quantitative estimate of drug-likeness (QED) is 0.520. The van der Waals surface area contributed by atoms with Crippen LogP contribution in [-0.2, 0) is 9.53 Å². The van der Waals surface area contributed by atoms with Crippen LogP contribution in [0.15, 0.2) is 18.2 Å². The summed E-state index contributed by atoms with van der Waals surface area (Å²) in [6.07, 6.45) is 0. The van der Waals surface area contributed by atoms with Gasteiger partial charge < -0.3 is 9.72 Å². The molecule has 1 N–H and O–H groups in total. The minimum atomic E-state index is -0.919. The Bertz CT molecular complexity index is 697. The van der Waals surface area contributed by atoms with E-state index in [9.17, 15) is 14.4 Å². The van der Waals surface area contributed by atoms with E-state index in [1.54, 1.807) is 25.1 Å². The highest BCUT2D eigenvalue weighted by atomic mass is 16.5. The van der Waals surface area contributed by atoms with E-state index >= 15 is 0 Å². The van der Waals surface area contributed by atoms with Gasteiger partial charge in [-0.25, -0.2) is 4.79 Å². The molecule has 0 unspecified atom stereocenters. The summed E-state index contributed by atoms with van der Waals surface area (Å²) in [5.74, 6) is -1.73. The van der Waals surface area contributed by atoms with Crippen LogP contribution in [0.1, 0.15) is 33.3 Å². The number of hydrogen-bond donors (Lipinski definition) is 1. The molecule has 0 fully saturated rings. The van der Waals surface area contributed by atoms with Gasteiger partial charge in [0.1, 0.15) is 0 Å². The number of ether oxygens (including phenoxy) is 1. The molecule has 5 nitrogen and oxygen atoms in total. The van der Waals surface area contributed by atoms with Gasteiger partial charge >= 0.3 is 5.97 Å². The second-order valence-electron chi connectivity index (χ2n) is 4.26. The smallest absolute Gasteiger partial charge is 0.379 e. The van der Waals surface area contributed by atoms with Gasteiger partial charge in [-0.3, -0.25) is 9.59 Å². The number of Topliss-reactive ketones (excluding diaryl/α,β-unsaturated/α-hetero) is 2. The molecular formula is C14H13NO4. The number of benzene rings is 1. The molecular weight excluding hydrogens is 246 g/mol. The molecule has 0 saturated heterocycles. The van der Waals surface area contributed by atoms with Gasteiger partial charge in [-0.15, -0.1) is 0 Å². The van der Waals surface area contributed by atoms with Crippen molar-refractivity contribution in [2.45, 2.75) is 13.8 Å². The molecule has 0 atom stereocenters. The number of nitrogens with one attached hydrogen (secondary N) is 1. The van der Waals surface area contributed by atoms with Crippen molar-refractivity contribution in [1.29, 1.82) is 0 Å². The lowest BCUT2D eigenvalue weighted by atomic mass is 10.0. The maximum atomic E-state index is 12.0. The Hall–Kier alpha value is -2.43. The van der Waals surface area contributed by atoms with E-state index in [0.29, 0.717) is 22.2 Å². The third-order valence-electron chi connectivity index (χ3n) is 2.99. The molecule has 19 heavy (non-hydrogen) atoms. The fourth-order valence-electron chi connectivity index (χ4n) is 2.03. The summed E-state index contributed by atoms with van der Waals surface area (Å²) < 4.78 is 4.45. The second-order valence-corrected chi connectivity index (χ2v) is 4.26. The number of carbonyl (C=O) groups excluding carboxylic acids is 3. The van der Waals surface area contributed by atoms with Crippen molar-refractivity contribution in [3.8, 4) is 0 Å². The first-order chi connectivity index (χ1) is 8.95. The van der Waals surface area contributed by atoms with Crippen molar-refractivity contribution in [1.82, 2.24) is 4.98 Å². The van der Waals surface area contributed by atoms with Crippen molar-refractivity contribution in [2.75, 3.05) is 7.11 Å². The van der Waals surface area contributed by atoms with Crippen molar-refractivity contribution >= 4 is 28.4 Å². The molecule has 0 saturated carbocycles. The van der Waals surface area contributed by atoms with Crippen LogP contribution < -0.4 is 0 Å². The fraction of sp³-hybridized carbons (Fsp3) is 0.214. The van der Waals surface area contributed by atoms with E-state index in [0.717, 1.165) is 7.11 Å². The summed E-state index contributed by atoms with van der Waals surface area (Å²) in [6.45, 7) is 3.14. The Labute approximate surface area is 109 Å². The van der Waals surface area contributed by atoms with Crippen molar-refractivity contribution in [2.24, 2.45) is 0 Å². The standard InChI is InChI=1S/C14H13NO4/c1-7-12(13(17)14(18)19-3)10-6-9(8(2)16)4-5-11(10)15-7/h4-6,15H,1-3H3. The third kappa shape index (κ3) is 2.14. The van der Waals surface area contributed by atoms with Crippen LogP contribution in [0.5, 0.6) is 0 Å². The molecule has 2 aromatic rings. The molecule has 0 aliphatic rings. The zero-order chi connectivity index (χ0) is 14.2. The van der Waals surface area contributed by atoms with Gasteiger partial charge in [-0.1, -0.05) is 0 Å². The van der Waals surface area contributed by atoms with Crippen molar-refractivity contribution in [3.05, 3.63) is 35.0 Å². The van der Waals surface area contributed by atoms with E-state index in [2.05, 4.69) is 9.72 Å². The topological polar surface area (TPSA) is 76.2 Å². The molecule has 0 spiro atoms. The Balaban J connectivity index is 2.69. The maximum Gasteiger partial charge on any atom is 0.379 e. The maximum absolute atomic E-state index is 12.0. The number of carbonyl (C=O) groups is 3. The van der Waals surface area contributed by atoms with Gasteiger partial charge in [0.2, 0.25) is 0 Å². The Morgan fingerprint density at radius 2 is 1.89 bits per heavy atom. The number of aromatic nitrogens is 1. The lowest BCUT2D eigenvalue weighted by Gasteiger charge is -2.00. The van der Waals surface area contributed by atoms with Crippen molar-refractivity contribution in [3.63, 3.8) is 0 Å². The van der Waals surface area contributed by atoms with E-state index in [1.807, 2.05) is 0 Å². The minimum Gasteiger partial charge on any atom is -0.463 e. The Morgan fingerprint density at radius 3 is 2.47 bits per heavy atom. The summed E-state index contributed by atoms with van der Waals surface area (Å²) >= 11 is 0. The highest BCUT2D eigenvalue weighted by Crippen LogP contribution is 2.24. The molecule has 5 heteroatoms. The lowest BCUT2D eigenvalue weighted by Crippen LogP contribution is -2.16. The van der Waals surface area contributed by atoms with Crippen LogP contribution in [0.2, 0.25) is 0 Å². The van der Waals surface area contributed by atoms with Gasteiger partial charge in [0.15, 0.2) is 5.78 Å². The summed E-state index contributed by atoms with van der Waals surface area (Å²) in [6, 6.07) is 5.00. The zero-order valence-corrected chi connectivity index (χ0v) is 10.9. The molecule has 1 heterocycles. The second kappa shape index (κ2) is 4.68. The van der Waals surface area contributed by atoms with Gasteiger partial charge in [0.25, 0.3) is 5.78 Å². The number of methoxy groups -OCH3 is 1. The van der Waals surface area contributed by atoms with Gasteiger partial charge in [0.05, 0.1) is 12.7 Å². The first kappa shape index (κ1) is 13.0. The van der Waals surface area contributed by atoms with Gasteiger partial charge in [0, 0.05) is 22.2 Å². The number of aryl methyl sites for hydroxylation is 1. The van der Waals surface area contributed by atoms with Gasteiger partial charge in [-0.05, 0) is 32.0 Å². The van der Waals surface area contributed by atoms with Gasteiger partial charge in [-0.2, -0.15) is 0 Å². The Kier molecular flexibility index (Phi) is 3.21. The average molecular weight is 259 g/mol. The number of rotatable bonds is 3. The molecule has 1 aromatic carbocycles. The predicted octanol–water partition coefficient (Wildman–Crippen LogP) is 2.03. The summed E-state index contributed by atoms with van der Waals surface area (Å²) in [7, 11) is 1.16. The molecule has 0 radical (unpaired) electrons. The first-order valence-corrected chi connectivity index (χ1v) is 5.71. The number of fused-ring (bicyclic) bond motifs is 1. The van der Waals surface area contributed by atoms with E-state index in [4.69, 9.17) is 0 Å². The van der Waals surface area contributed by atoms with Crippen LogP contribution in [0.25, 0.3) is 10.9 Å². The highest BCUT2D eigenvalue weighted by Gasteiger charge is 2.23. The SMILES string of the molecule is COC(=O)C(=O)c1c(C)[nH]c2ccc(C(C)=O)cc12. The van der Waals surface area contributed by atoms with Crippen LogP contribution in [0.4, 0.5) is 0 Å². The fourth-order valence-corrected chi connectivity index (χ4v) is 2.03. The van der Waals surface area contributed by atoms with E-state index in [1.165, 1.54) is 6.92 Å². The number of hydrogen-bond acceptors (Lipinski definition) is 4. The summed E-state index contributed by atoms with van der Waals surface area (Å²) in [5.41, 5.74) is 2.02. The molecule has 2 rings (SSSR count). The van der Waals surface area contributed by atoms with E-state index in [-0.39, 0.29) is 11.3 Å². The monoisotopic (exact) mass is 259 g/mol. The van der Waals surface area contributed by atoms with Crippen LogP contribution >= 0.6 is 0 Å². The minimum absolute atomic E-state index is 0.0998. The summed E-state index contributed by atoms with van der Waals surface area (Å²) in [4.78, 5) is 37.7. The van der Waals surface area contributed by atoms with Crippen molar-refractivity contribution < 1.29 is 19.1 Å². The summed E-state index contributed by atoms with van der Waals surface area (Å²) in [5, 5.41) is 0.556. The number of aromatic amines is 1. The zero-order valence-electron chi connectivity index (χ0n) is 10.9. The number of ketones is 2. The predicted molar refractivity (Wildman–Crippen MR) is 69.4 cm³/mol. The van der Waals surface area contributed by atoms with Crippen LogP contribution in [-0.4, -0.2) is 29.6 Å². The highest BCUT2D eigenvalue weighted by molar-refractivity contribution is 6.43. The molecule has 0 amide bonds. The molecule has 1 aromatic heterocycles. The normalized spacial score (nSPS) is 10.5. The number of H-pyrrole nitrogens is 1. The lowest BCUT2D eigenvalue weighted by molar-refractivity contribution is -0.135. The molecule has 0 bridgehead atoms. The van der Waals surface area contributed by atoms with Crippen LogP contribution in [0.3, 0.4) is 0 Å². The third-order valence-corrected chi connectivity index (χ3v) is 2.99. The first-order valence-electron chi connectivity index (χ1n) is 5.71. The van der Waals surface area contributed by atoms with Crippen LogP contribution in [0, 0.1) is 6.92 Å². The van der Waals surface area contributed by atoms with E-state index < -0.39 is 11.8 Å². The largest absolute Gasteiger partial charge is 0.463 e. The molecule has 98 valence electrons. The molecule has 0 aliphatic carbocycles. The Morgan fingerprint density at radius 1 is 1.21 bits per heavy atom. The molecule has 0 aliphatic heterocycles. The average Bonchev–Trinajstić information content (AvgIpc) is 2.71. The number of esters is 1.